The minimum atomic E-state index is -0.188. The predicted octanol–water partition coefficient (Wildman–Crippen LogP) is 5.92. The minimum Gasteiger partial charge on any atom is -0.507 e. The van der Waals surface area contributed by atoms with Gasteiger partial charge in [0, 0.05) is 11.1 Å². The van der Waals surface area contributed by atoms with Crippen LogP contribution in [0.1, 0.15) is 38.2 Å². The number of aliphatic hydroxyl groups excluding tert-OH is 1. The summed E-state index contributed by atoms with van der Waals surface area (Å²) in [5.41, 5.74) is 5.51. The molecule has 2 heteroatoms. The molecule has 0 saturated heterocycles. The lowest BCUT2D eigenvalue weighted by Crippen LogP contribution is -2.06. The number of Topliss-reactive ketones (excluding diaryl/α,β-unsaturated/α-hetero) is 1. The minimum absolute atomic E-state index is 0.000530. The van der Waals surface area contributed by atoms with E-state index in [1.165, 1.54) is 0 Å². The van der Waals surface area contributed by atoms with Crippen molar-refractivity contribution >= 4 is 17.1 Å². The topological polar surface area (TPSA) is 37.3 Å². The summed E-state index contributed by atoms with van der Waals surface area (Å²) in [5.74, 6) is -0.189. The van der Waals surface area contributed by atoms with Gasteiger partial charge >= 0.3 is 0 Å². The van der Waals surface area contributed by atoms with E-state index in [0.717, 1.165) is 16.7 Å². The highest BCUT2D eigenvalue weighted by atomic mass is 16.3. The molecule has 0 unspecified atom stereocenters. The van der Waals surface area contributed by atoms with E-state index in [-0.39, 0.29) is 11.5 Å². The molecule has 0 aliphatic rings. The Morgan fingerprint density at radius 3 is 1.35 bits per heavy atom. The van der Waals surface area contributed by atoms with Crippen LogP contribution < -0.4 is 0 Å². The number of hydrogen-bond donors (Lipinski definition) is 1. The van der Waals surface area contributed by atoms with Crippen LogP contribution in [0, 0.1) is 20.8 Å². The maximum absolute atomic E-state index is 13.2. The molecule has 0 saturated carbocycles. The lowest BCUT2D eigenvalue weighted by molar-refractivity contribution is 0.105. The molecule has 0 fully saturated rings. The van der Waals surface area contributed by atoms with Gasteiger partial charge in [-0.1, -0.05) is 89.5 Å². The Balaban J connectivity index is 2.17. The number of allylic oxidation sites excluding steroid dienone is 1. The molecule has 0 atom stereocenters. The van der Waals surface area contributed by atoms with Crippen molar-refractivity contribution < 1.29 is 9.90 Å². The van der Waals surface area contributed by atoms with Crippen molar-refractivity contribution in [2.75, 3.05) is 0 Å². The van der Waals surface area contributed by atoms with E-state index in [0.29, 0.717) is 22.3 Å². The van der Waals surface area contributed by atoms with Gasteiger partial charge in [-0.05, 0) is 26.3 Å². The standard InChI is InChI=1S/C24H22O2/c1-16-4-10-19(11-5-16)22(23(25)20-12-6-17(2)7-13-20)24(26)21-14-8-18(3)9-15-21/h4-15,25H,1-3H3/b23-22-. The highest BCUT2D eigenvalue weighted by Gasteiger charge is 2.20. The fourth-order valence-electron chi connectivity index (χ4n) is 2.80. The molecule has 0 heterocycles. The van der Waals surface area contributed by atoms with Gasteiger partial charge in [-0.3, -0.25) is 4.79 Å². The number of carbonyl (C=O) groups excluding carboxylic acids is 1. The van der Waals surface area contributed by atoms with Gasteiger partial charge in [0.25, 0.3) is 0 Å². The highest BCUT2D eigenvalue weighted by molar-refractivity contribution is 6.33. The molecule has 0 bridgehead atoms. The molecule has 130 valence electrons. The summed E-state index contributed by atoms with van der Waals surface area (Å²) in [4.78, 5) is 13.2. The predicted molar refractivity (Wildman–Crippen MR) is 107 cm³/mol. The lowest BCUT2D eigenvalue weighted by Gasteiger charge is -2.12. The van der Waals surface area contributed by atoms with Crippen molar-refractivity contribution in [3.8, 4) is 0 Å². The van der Waals surface area contributed by atoms with Gasteiger partial charge in [-0.25, -0.2) is 0 Å². The van der Waals surface area contributed by atoms with Crippen LogP contribution in [0.3, 0.4) is 0 Å². The molecular formula is C24H22O2. The fraction of sp³-hybridized carbons (Fsp3) is 0.125. The van der Waals surface area contributed by atoms with Crippen LogP contribution in [0.25, 0.3) is 11.3 Å². The van der Waals surface area contributed by atoms with Crippen LogP contribution in [-0.2, 0) is 0 Å². The largest absolute Gasteiger partial charge is 0.507 e. The molecule has 3 rings (SSSR count). The Labute approximate surface area is 154 Å². The van der Waals surface area contributed by atoms with Crippen LogP contribution >= 0.6 is 0 Å². The summed E-state index contributed by atoms with van der Waals surface area (Å²) >= 11 is 0. The van der Waals surface area contributed by atoms with Crippen LogP contribution in [0.15, 0.2) is 72.8 Å². The van der Waals surface area contributed by atoms with Crippen molar-refractivity contribution in [2.24, 2.45) is 0 Å². The Morgan fingerprint density at radius 1 is 0.577 bits per heavy atom. The molecule has 0 aromatic heterocycles. The fourth-order valence-corrected chi connectivity index (χ4v) is 2.80. The van der Waals surface area contributed by atoms with E-state index < -0.39 is 0 Å². The van der Waals surface area contributed by atoms with E-state index >= 15 is 0 Å². The lowest BCUT2D eigenvalue weighted by atomic mass is 9.92. The quantitative estimate of drug-likeness (QED) is 0.276. The average molecular weight is 342 g/mol. The number of rotatable bonds is 4. The number of aliphatic hydroxyl groups is 1. The maximum atomic E-state index is 13.2. The van der Waals surface area contributed by atoms with Gasteiger partial charge in [0.15, 0.2) is 5.78 Å². The first-order valence-corrected chi connectivity index (χ1v) is 8.64. The molecule has 0 radical (unpaired) electrons. The second-order valence-electron chi connectivity index (χ2n) is 6.65. The molecule has 0 aliphatic heterocycles. The van der Waals surface area contributed by atoms with Crippen LogP contribution in [0.2, 0.25) is 0 Å². The van der Waals surface area contributed by atoms with E-state index in [1.807, 2.05) is 81.4 Å². The van der Waals surface area contributed by atoms with Crippen molar-refractivity contribution in [1.29, 1.82) is 0 Å². The van der Waals surface area contributed by atoms with E-state index in [4.69, 9.17) is 0 Å². The number of benzene rings is 3. The third-order valence-corrected chi connectivity index (χ3v) is 4.44. The Morgan fingerprint density at radius 2 is 0.923 bits per heavy atom. The van der Waals surface area contributed by atoms with Crippen molar-refractivity contribution in [3.63, 3.8) is 0 Å². The first-order valence-electron chi connectivity index (χ1n) is 8.64. The molecule has 0 amide bonds. The number of carbonyl (C=O) groups is 1. The van der Waals surface area contributed by atoms with Gasteiger partial charge in [-0.15, -0.1) is 0 Å². The Bertz CT molecular complexity index is 945. The normalized spacial score (nSPS) is 11.8. The molecule has 0 spiro atoms. The molecule has 3 aromatic rings. The van der Waals surface area contributed by atoms with Crippen molar-refractivity contribution in [1.82, 2.24) is 0 Å². The summed E-state index contributed by atoms with van der Waals surface area (Å²) in [7, 11) is 0. The molecule has 1 N–H and O–H groups in total. The maximum Gasteiger partial charge on any atom is 0.197 e. The molecule has 0 aliphatic carbocycles. The summed E-state index contributed by atoms with van der Waals surface area (Å²) in [6.45, 7) is 5.96. The van der Waals surface area contributed by atoms with Gasteiger partial charge in [-0.2, -0.15) is 0 Å². The van der Waals surface area contributed by atoms with Crippen LogP contribution in [0.5, 0.6) is 0 Å². The van der Waals surface area contributed by atoms with Gasteiger partial charge < -0.3 is 5.11 Å². The molecular weight excluding hydrogens is 320 g/mol. The SMILES string of the molecule is Cc1ccc(C(=O)/C(=C(\O)c2ccc(C)cc2)c2ccc(C)cc2)cc1. The summed E-state index contributed by atoms with van der Waals surface area (Å²) in [6.07, 6.45) is 0. The van der Waals surface area contributed by atoms with Crippen LogP contribution in [0.4, 0.5) is 0 Å². The first kappa shape index (κ1) is 17.7. The summed E-state index contributed by atoms with van der Waals surface area (Å²) in [5, 5.41) is 10.9. The third-order valence-electron chi connectivity index (χ3n) is 4.44. The molecule has 26 heavy (non-hydrogen) atoms. The number of hydrogen-bond acceptors (Lipinski definition) is 2. The first-order chi connectivity index (χ1) is 12.5. The van der Waals surface area contributed by atoms with E-state index in [1.54, 1.807) is 12.1 Å². The summed E-state index contributed by atoms with van der Waals surface area (Å²) in [6, 6.07) is 22.6. The summed E-state index contributed by atoms with van der Waals surface area (Å²) < 4.78 is 0. The second-order valence-corrected chi connectivity index (χ2v) is 6.65. The van der Waals surface area contributed by atoms with Gasteiger partial charge in [0.05, 0.1) is 5.57 Å². The van der Waals surface area contributed by atoms with E-state index in [9.17, 15) is 9.90 Å². The van der Waals surface area contributed by atoms with Crippen molar-refractivity contribution in [3.05, 3.63) is 106 Å². The van der Waals surface area contributed by atoms with Crippen LogP contribution in [-0.4, -0.2) is 10.9 Å². The zero-order valence-corrected chi connectivity index (χ0v) is 15.3. The van der Waals surface area contributed by atoms with E-state index in [2.05, 4.69) is 0 Å². The molecule has 2 nitrogen and oxygen atoms in total. The van der Waals surface area contributed by atoms with Gasteiger partial charge in [0.1, 0.15) is 5.76 Å². The number of aryl methyl sites for hydroxylation is 3. The zero-order chi connectivity index (χ0) is 18.7. The Hall–Kier alpha value is -3.13. The average Bonchev–Trinajstić information content (AvgIpc) is 2.64. The van der Waals surface area contributed by atoms with Gasteiger partial charge in [0.2, 0.25) is 0 Å². The molecule has 3 aromatic carbocycles. The second kappa shape index (κ2) is 7.40. The van der Waals surface area contributed by atoms with Crippen molar-refractivity contribution in [2.45, 2.75) is 20.8 Å². The smallest absolute Gasteiger partial charge is 0.197 e. The monoisotopic (exact) mass is 342 g/mol. The highest BCUT2D eigenvalue weighted by Crippen LogP contribution is 2.28. The number of ketones is 1. The Kier molecular flexibility index (Phi) is 5.04. The third kappa shape index (κ3) is 3.75. The zero-order valence-electron chi connectivity index (χ0n) is 15.3.